The molecule has 0 bridgehead atoms. The van der Waals surface area contributed by atoms with Gasteiger partial charge in [-0.15, -0.1) is 0 Å². The van der Waals surface area contributed by atoms with Crippen molar-refractivity contribution in [3.8, 4) is 0 Å². The van der Waals surface area contributed by atoms with Crippen molar-refractivity contribution in [2.75, 3.05) is 19.6 Å². The number of carbonyl (C=O) groups excluding carboxylic acids is 1. The molecule has 2 fully saturated rings. The van der Waals surface area contributed by atoms with E-state index in [9.17, 15) is 14.7 Å². The molecule has 2 heterocycles. The van der Waals surface area contributed by atoms with Crippen LogP contribution in [0.5, 0.6) is 0 Å². The molecule has 0 spiro atoms. The van der Waals surface area contributed by atoms with Crippen LogP contribution in [0.2, 0.25) is 0 Å². The molecule has 0 saturated carbocycles. The second kappa shape index (κ2) is 6.02. The van der Waals surface area contributed by atoms with E-state index in [1.165, 1.54) is 6.42 Å². The third kappa shape index (κ3) is 2.91. The molecular formula is C15H26N2O3. The van der Waals surface area contributed by atoms with Gasteiger partial charge in [0, 0.05) is 25.7 Å². The monoisotopic (exact) mass is 282 g/mol. The zero-order valence-electron chi connectivity index (χ0n) is 12.6. The van der Waals surface area contributed by atoms with Gasteiger partial charge in [-0.25, -0.2) is 4.79 Å². The molecule has 114 valence electrons. The number of hydrogen-bond donors (Lipinski definition) is 1. The average molecular weight is 282 g/mol. The number of carboxylic acid groups (broad SMARTS) is 1. The van der Waals surface area contributed by atoms with Crippen LogP contribution in [0, 0.1) is 5.41 Å². The zero-order valence-corrected chi connectivity index (χ0v) is 12.6. The second-order valence-corrected chi connectivity index (χ2v) is 6.42. The fourth-order valence-electron chi connectivity index (χ4n) is 3.44. The lowest BCUT2D eigenvalue weighted by Crippen LogP contribution is -2.55. The SMILES string of the molecule is CCC1CCCCN1C(=O)N1CCCC(C)(C(=O)O)C1. The van der Waals surface area contributed by atoms with Crippen molar-refractivity contribution in [1.29, 1.82) is 0 Å². The Bertz CT molecular complexity index is 385. The van der Waals surface area contributed by atoms with Crippen LogP contribution in [-0.2, 0) is 4.79 Å². The van der Waals surface area contributed by atoms with E-state index in [1.54, 1.807) is 11.8 Å². The third-order valence-electron chi connectivity index (χ3n) is 4.83. The maximum Gasteiger partial charge on any atom is 0.320 e. The summed E-state index contributed by atoms with van der Waals surface area (Å²) in [5.74, 6) is -0.791. The summed E-state index contributed by atoms with van der Waals surface area (Å²) in [7, 11) is 0. The minimum Gasteiger partial charge on any atom is -0.481 e. The van der Waals surface area contributed by atoms with E-state index in [1.807, 2.05) is 4.90 Å². The molecule has 0 radical (unpaired) electrons. The summed E-state index contributed by atoms with van der Waals surface area (Å²) in [4.78, 5) is 27.8. The number of aliphatic carboxylic acids is 1. The number of nitrogens with zero attached hydrogens (tertiary/aromatic N) is 2. The van der Waals surface area contributed by atoms with Gasteiger partial charge in [0.05, 0.1) is 5.41 Å². The zero-order chi connectivity index (χ0) is 14.8. The number of hydrogen-bond acceptors (Lipinski definition) is 2. The molecule has 2 rings (SSSR count). The molecule has 0 aromatic heterocycles. The quantitative estimate of drug-likeness (QED) is 0.846. The van der Waals surface area contributed by atoms with Crippen molar-refractivity contribution < 1.29 is 14.7 Å². The molecule has 5 nitrogen and oxygen atoms in total. The Morgan fingerprint density at radius 1 is 1.25 bits per heavy atom. The van der Waals surface area contributed by atoms with Crippen molar-refractivity contribution in [2.45, 2.75) is 58.4 Å². The highest BCUT2D eigenvalue weighted by molar-refractivity contribution is 5.78. The van der Waals surface area contributed by atoms with Crippen molar-refractivity contribution in [2.24, 2.45) is 5.41 Å². The molecule has 2 amide bonds. The van der Waals surface area contributed by atoms with Gasteiger partial charge in [-0.05, 0) is 45.4 Å². The van der Waals surface area contributed by atoms with Crippen molar-refractivity contribution in [1.82, 2.24) is 9.80 Å². The highest BCUT2D eigenvalue weighted by atomic mass is 16.4. The van der Waals surface area contributed by atoms with Gasteiger partial charge < -0.3 is 14.9 Å². The molecule has 2 aliphatic heterocycles. The molecule has 0 aromatic rings. The lowest BCUT2D eigenvalue weighted by atomic mass is 9.82. The first kappa shape index (κ1) is 15.1. The van der Waals surface area contributed by atoms with Crippen LogP contribution in [0.4, 0.5) is 4.79 Å². The number of amides is 2. The number of rotatable bonds is 2. The predicted molar refractivity (Wildman–Crippen MR) is 76.6 cm³/mol. The van der Waals surface area contributed by atoms with E-state index >= 15 is 0 Å². The number of piperidine rings is 2. The van der Waals surface area contributed by atoms with Crippen LogP contribution in [0.1, 0.15) is 52.4 Å². The van der Waals surface area contributed by atoms with Crippen LogP contribution in [0.25, 0.3) is 0 Å². The van der Waals surface area contributed by atoms with Gasteiger partial charge in [-0.2, -0.15) is 0 Å². The second-order valence-electron chi connectivity index (χ2n) is 6.42. The van der Waals surface area contributed by atoms with Gasteiger partial charge in [-0.1, -0.05) is 6.92 Å². The van der Waals surface area contributed by atoms with Crippen molar-refractivity contribution in [3.63, 3.8) is 0 Å². The Morgan fingerprint density at radius 3 is 2.65 bits per heavy atom. The minimum atomic E-state index is -0.791. The Kier molecular flexibility index (Phi) is 4.55. The molecule has 2 unspecified atom stereocenters. The van der Waals surface area contributed by atoms with Crippen LogP contribution in [0.15, 0.2) is 0 Å². The molecule has 0 aromatic carbocycles. The number of likely N-dealkylation sites (tertiary alicyclic amines) is 2. The van der Waals surface area contributed by atoms with Crippen molar-refractivity contribution in [3.05, 3.63) is 0 Å². The fraction of sp³-hybridized carbons (Fsp3) is 0.867. The van der Waals surface area contributed by atoms with Crippen LogP contribution in [0.3, 0.4) is 0 Å². The van der Waals surface area contributed by atoms with Gasteiger partial charge in [0.1, 0.15) is 0 Å². The average Bonchev–Trinajstić information content (AvgIpc) is 2.46. The molecular weight excluding hydrogens is 256 g/mol. The summed E-state index contributed by atoms with van der Waals surface area (Å²) < 4.78 is 0. The first-order chi connectivity index (χ1) is 9.48. The summed E-state index contributed by atoms with van der Waals surface area (Å²) >= 11 is 0. The van der Waals surface area contributed by atoms with E-state index in [0.717, 1.165) is 32.2 Å². The van der Waals surface area contributed by atoms with E-state index in [0.29, 0.717) is 25.6 Å². The third-order valence-corrected chi connectivity index (χ3v) is 4.83. The topological polar surface area (TPSA) is 60.9 Å². The summed E-state index contributed by atoms with van der Waals surface area (Å²) in [6.45, 7) is 5.72. The highest BCUT2D eigenvalue weighted by Gasteiger charge is 2.41. The first-order valence-electron chi connectivity index (χ1n) is 7.77. The summed E-state index contributed by atoms with van der Waals surface area (Å²) in [6, 6.07) is 0.373. The number of urea groups is 1. The Hall–Kier alpha value is -1.26. The minimum absolute atomic E-state index is 0.0451. The summed E-state index contributed by atoms with van der Waals surface area (Å²) in [6.07, 6.45) is 5.74. The van der Waals surface area contributed by atoms with Gasteiger partial charge in [0.25, 0.3) is 0 Å². The highest BCUT2D eigenvalue weighted by Crippen LogP contribution is 2.31. The molecule has 0 aliphatic carbocycles. The Balaban J connectivity index is 2.06. The molecule has 20 heavy (non-hydrogen) atoms. The standard InChI is InChI=1S/C15H26N2O3/c1-3-12-7-4-5-10-17(12)14(20)16-9-6-8-15(2,11-16)13(18)19/h12H,3-11H2,1-2H3,(H,18,19). The molecule has 5 heteroatoms. The van der Waals surface area contributed by atoms with Crippen LogP contribution >= 0.6 is 0 Å². The molecule has 2 atom stereocenters. The van der Waals surface area contributed by atoms with E-state index in [4.69, 9.17) is 0 Å². The smallest absolute Gasteiger partial charge is 0.320 e. The van der Waals surface area contributed by atoms with E-state index in [2.05, 4.69) is 6.92 Å². The number of carboxylic acids is 1. The van der Waals surface area contributed by atoms with Crippen LogP contribution < -0.4 is 0 Å². The maximum atomic E-state index is 12.7. The predicted octanol–water partition coefficient (Wildman–Crippen LogP) is 2.56. The van der Waals surface area contributed by atoms with Gasteiger partial charge in [-0.3, -0.25) is 4.79 Å². The normalized spacial score (nSPS) is 31.2. The van der Waals surface area contributed by atoms with Gasteiger partial charge in [0.15, 0.2) is 0 Å². The Labute approximate surface area is 120 Å². The summed E-state index contributed by atoms with van der Waals surface area (Å²) in [5.41, 5.74) is -0.786. The lowest BCUT2D eigenvalue weighted by molar-refractivity contribution is -0.150. The lowest BCUT2D eigenvalue weighted by Gasteiger charge is -2.43. The van der Waals surface area contributed by atoms with E-state index < -0.39 is 11.4 Å². The molecule has 2 aliphatic rings. The Morgan fingerprint density at radius 2 is 2.00 bits per heavy atom. The van der Waals surface area contributed by atoms with Crippen molar-refractivity contribution >= 4 is 12.0 Å². The largest absolute Gasteiger partial charge is 0.481 e. The molecule has 1 N–H and O–H groups in total. The fourth-order valence-corrected chi connectivity index (χ4v) is 3.44. The summed E-state index contributed by atoms with van der Waals surface area (Å²) in [5, 5.41) is 9.35. The first-order valence-corrected chi connectivity index (χ1v) is 7.77. The maximum absolute atomic E-state index is 12.7. The van der Waals surface area contributed by atoms with E-state index in [-0.39, 0.29) is 6.03 Å². The van der Waals surface area contributed by atoms with Gasteiger partial charge in [0.2, 0.25) is 0 Å². The molecule has 2 saturated heterocycles. The van der Waals surface area contributed by atoms with Crippen LogP contribution in [-0.4, -0.2) is 52.6 Å². The number of carbonyl (C=O) groups is 2. The van der Waals surface area contributed by atoms with Gasteiger partial charge >= 0.3 is 12.0 Å².